The summed E-state index contributed by atoms with van der Waals surface area (Å²) >= 11 is 3.09. The summed E-state index contributed by atoms with van der Waals surface area (Å²) in [6.07, 6.45) is 0. The van der Waals surface area contributed by atoms with Gasteiger partial charge in [0.05, 0.1) is 16.5 Å². The SMILES string of the molecule is Cc1nc(C)c(C(=O)NCCS(=O)(=O)N2CCSCC2)s1. The van der Waals surface area contributed by atoms with E-state index in [0.717, 1.165) is 16.5 Å². The zero-order valence-corrected chi connectivity index (χ0v) is 14.5. The zero-order valence-electron chi connectivity index (χ0n) is 12.1. The molecule has 1 saturated heterocycles. The lowest BCUT2D eigenvalue weighted by Crippen LogP contribution is -2.41. The molecule has 6 nitrogen and oxygen atoms in total. The summed E-state index contributed by atoms with van der Waals surface area (Å²) in [5.41, 5.74) is 0.686. The topological polar surface area (TPSA) is 79.4 Å². The Labute approximate surface area is 133 Å². The van der Waals surface area contributed by atoms with Crippen LogP contribution in [0, 0.1) is 13.8 Å². The molecule has 0 bridgehead atoms. The first-order valence-corrected chi connectivity index (χ1v) is 10.3. The molecule has 2 rings (SSSR count). The van der Waals surface area contributed by atoms with Crippen molar-refractivity contribution in [3.8, 4) is 0 Å². The molecule has 1 amide bonds. The van der Waals surface area contributed by atoms with Crippen LogP contribution < -0.4 is 5.32 Å². The van der Waals surface area contributed by atoms with Crippen LogP contribution in [0.2, 0.25) is 0 Å². The first-order chi connectivity index (χ1) is 9.90. The predicted octanol–water partition coefficient (Wildman–Crippen LogP) is 0.868. The van der Waals surface area contributed by atoms with Crippen molar-refractivity contribution < 1.29 is 13.2 Å². The number of carbonyl (C=O) groups excluding carboxylic acids is 1. The second kappa shape index (κ2) is 7.08. The van der Waals surface area contributed by atoms with Crippen molar-refractivity contribution in [3.05, 3.63) is 15.6 Å². The number of nitrogens with one attached hydrogen (secondary N) is 1. The van der Waals surface area contributed by atoms with E-state index in [9.17, 15) is 13.2 Å². The summed E-state index contributed by atoms with van der Waals surface area (Å²) in [5, 5.41) is 3.50. The molecule has 118 valence electrons. The molecule has 0 atom stereocenters. The number of hydrogen-bond donors (Lipinski definition) is 1. The van der Waals surface area contributed by atoms with Crippen LogP contribution in [0.5, 0.6) is 0 Å². The van der Waals surface area contributed by atoms with Gasteiger partial charge in [0, 0.05) is 31.1 Å². The Morgan fingerprint density at radius 2 is 2.00 bits per heavy atom. The minimum atomic E-state index is -3.27. The van der Waals surface area contributed by atoms with Crippen LogP contribution in [0.15, 0.2) is 0 Å². The monoisotopic (exact) mass is 349 g/mol. The molecule has 0 saturated carbocycles. The average molecular weight is 350 g/mol. The van der Waals surface area contributed by atoms with Crippen molar-refractivity contribution >= 4 is 39.0 Å². The van der Waals surface area contributed by atoms with Gasteiger partial charge < -0.3 is 5.32 Å². The first-order valence-electron chi connectivity index (χ1n) is 6.68. The second-order valence-electron chi connectivity index (χ2n) is 4.73. The van der Waals surface area contributed by atoms with Gasteiger partial charge in [-0.05, 0) is 13.8 Å². The van der Waals surface area contributed by atoms with E-state index in [2.05, 4.69) is 10.3 Å². The highest BCUT2D eigenvalue weighted by molar-refractivity contribution is 7.99. The second-order valence-corrected chi connectivity index (χ2v) is 9.25. The molecule has 1 aromatic heterocycles. The van der Waals surface area contributed by atoms with E-state index in [0.29, 0.717) is 23.7 Å². The number of sulfonamides is 1. The highest BCUT2D eigenvalue weighted by Gasteiger charge is 2.24. The molecule has 0 aliphatic carbocycles. The Balaban J connectivity index is 1.86. The van der Waals surface area contributed by atoms with Gasteiger partial charge in [0.1, 0.15) is 4.88 Å². The maximum atomic E-state index is 12.1. The fourth-order valence-corrected chi connectivity index (χ4v) is 5.40. The Morgan fingerprint density at radius 3 is 2.57 bits per heavy atom. The number of nitrogens with zero attached hydrogens (tertiary/aromatic N) is 2. The molecule has 1 fully saturated rings. The smallest absolute Gasteiger partial charge is 0.263 e. The lowest BCUT2D eigenvalue weighted by atomic mass is 10.4. The van der Waals surface area contributed by atoms with E-state index < -0.39 is 10.0 Å². The molecule has 0 spiro atoms. The first kappa shape index (κ1) is 16.7. The highest BCUT2D eigenvalue weighted by atomic mass is 32.2. The standard InChI is InChI=1S/C12H19N3O3S3/c1-9-11(20-10(2)14-9)12(16)13-3-8-21(17,18)15-4-6-19-7-5-15/h3-8H2,1-2H3,(H,13,16). The number of rotatable bonds is 5. The minimum absolute atomic E-state index is 0.0553. The van der Waals surface area contributed by atoms with Gasteiger partial charge in [-0.3, -0.25) is 4.79 Å². The zero-order chi connectivity index (χ0) is 15.5. The average Bonchev–Trinajstić information content (AvgIpc) is 2.78. The van der Waals surface area contributed by atoms with Crippen LogP contribution in [0.4, 0.5) is 0 Å². The number of aromatic nitrogens is 1. The third kappa shape index (κ3) is 4.41. The van der Waals surface area contributed by atoms with Gasteiger partial charge in [0.15, 0.2) is 0 Å². The summed E-state index contributed by atoms with van der Waals surface area (Å²) < 4.78 is 25.8. The number of thioether (sulfide) groups is 1. The van der Waals surface area contributed by atoms with Gasteiger partial charge >= 0.3 is 0 Å². The van der Waals surface area contributed by atoms with Gasteiger partial charge in [0.25, 0.3) is 5.91 Å². The number of carbonyl (C=O) groups is 1. The molecular formula is C12H19N3O3S3. The van der Waals surface area contributed by atoms with E-state index in [1.807, 2.05) is 6.92 Å². The lowest BCUT2D eigenvalue weighted by molar-refractivity contribution is 0.0959. The van der Waals surface area contributed by atoms with Gasteiger partial charge in [-0.25, -0.2) is 17.7 Å². The van der Waals surface area contributed by atoms with Crippen molar-refractivity contribution in [2.24, 2.45) is 0 Å². The van der Waals surface area contributed by atoms with Crippen molar-refractivity contribution in [2.75, 3.05) is 36.9 Å². The number of aryl methyl sites for hydroxylation is 2. The predicted molar refractivity (Wildman–Crippen MR) is 86.6 cm³/mol. The quantitative estimate of drug-likeness (QED) is 0.853. The maximum absolute atomic E-state index is 12.1. The van der Waals surface area contributed by atoms with E-state index in [4.69, 9.17) is 0 Å². The summed E-state index contributed by atoms with van der Waals surface area (Å²) in [6, 6.07) is 0. The molecule has 1 aliphatic heterocycles. The Morgan fingerprint density at radius 1 is 1.33 bits per heavy atom. The third-order valence-corrected chi connectivity index (χ3v) is 7.00. The van der Waals surface area contributed by atoms with Crippen molar-refractivity contribution in [3.63, 3.8) is 0 Å². The lowest BCUT2D eigenvalue weighted by Gasteiger charge is -2.25. The molecule has 2 heterocycles. The maximum Gasteiger partial charge on any atom is 0.263 e. The Kier molecular flexibility index (Phi) is 5.64. The van der Waals surface area contributed by atoms with E-state index in [-0.39, 0.29) is 18.2 Å². The Hall–Kier alpha value is -0.640. The van der Waals surface area contributed by atoms with Crippen LogP contribution in [0.1, 0.15) is 20.4 Å². The summed E-state index contributed by atoms with van der Waals surface area (Å²) in [7, 11) is -3.27. The fourth-order valence-electron chi connectivity index (χ4n) is 2.07. The van der Waals surface area contributed by atoms with Crippen molar-refractivity contribution in [1.82, 2.24) is 14.6 Å². The molecular weight excluding hydrogens is 330 g/mol. The number of thiazole rings is 1. The molecule has 9 heteroatoms. The molecule has 1 aromatic rings. The fraction of sp³-hybridized carbons (Fsp3) is 0.667. The molecule has 21 heavy (non-hydrogen) atoms. The van der Waals surface area contributed by atoms with E-state index in [1.165, 1.54) is 15.6 Å². The molecule has 1 aliphatic rings. The molecule has 0 radical (unpaired) electrons. The molecule has 0 unspecified atom stereocenters. The van der Waals surface area contributed by atoms with E-state index in [1.54, 1.807) is 18.7 Å². The van der Waals surface area contributed by atoms with E-state index >= 15 is 0 Å². The van der Waals surface area contributed by atoms with Gasteiger partial charge in [0.2, 0.25) is 10.0 Å². The van der Waals surface area contributed by atoms with Gasteiger partial charge in [-0.15, -0.1) is 11.3 Å². The molecule has 0 aromatic carbocycles. The van der Waals surface area contributed by atoms with Crippen LogP contribution in [0.3, 0.4) is 0 Å². The third-order valence-electron chi connectivity index (χ3n) is 3.12. The number of hydrogen-bond acceptors (Lipinski definition) is 6. The van der Waals surface area contributed by atoms with Crippen molar-refractivity contribution in [1.29, 1.82) is 0 Å². The van der Waals surface area contributed by atoms with Crippen LogP contribution in [-0.2, 0) is 10.0 Å². The highest BCUT2D eigenvalue weighted by Crippen LogP contribution is 2.17. The van der Waals surface area contributed by atoms with Crippen LogP contribution in [0.25, 0.3) is 0 Å². The van der Waals surface area contributed by atoms with Crippen LogP contribution >= 0.6 is 23.1 Å². The molecule has 1 N–H and O–H groups in total. The minimum Gasteiger partial charge on any atom is -0.350 e. The van der Waals surface area contributed by atoms with Crippen molar-refractivity contribution in [2.45, 2.75) is 13.8 Å². The summed E-state index contributed by atoms with van der Waals surface area (Å²) in [4.78, 5) is 16.7. The Bertz CT molecular complexity index is 607. The van der Waals surface area contributed by atoms with Crippen LogP contribution in [-0.4, -0.2) is 60.5 Å². The largest absolute Gasteiger partial charge is 0.350 e. The number of amides is 1. The summed E-state index contributed by atoms with van der Waals surface area (Å²) in [6.45, 7) is 4.87. The van der Waals surface area contributed by atoms with Gasteiger partial charge in [-0.2, -0.15) is 11.8 Å². The van der Waals surface area contributed by atoms with Gasteiger partial charge in [-0.1, -0.05) is 0 Å². The normalized spacial score (nSPS) is 16.9. The summed E-state index contributed by atoms with van der Waals surface area (Å²) in [5.74, 6) is 1.37.